The van der Waals surface area contributed by atoms with Crippen LogP contribution in [0.5, 0.6) is 0 Å². The molecular formula is C25H18FN3O3S. The van der Waals surface area contributed by atoms with Crippen LogP contribution in [0.3, 0.4) is 0 Å². The van der Waals surface area contributed by atoms with Crippen LogP contribution in [-0.2, 0) is 10.0 Å². The van der Waals surface area contributed by atoms with Gasteiger partial charge < -0.3 is 5.32 Å². The number of halogens is 1. The molecule has 3 aromatic carbocycles. The molecule has 0 saturated heterocycles. The molecule has 4 rings (SSSR count). The van der Waals surface area contributed by atoms with E-state index < -0.39 is 27.8 Å². The van der Waals surface area contributed by atoms with Gasteiger partial charge in [0.2, 0.25) is 0 Å². The topological polar surface area (TPSA) is 88.2 Å². The highest BCUT2D eigenvalue weighted by Crippen LogP contribution is 2.26. The second-order valence-corrected chi connectivity index (χ2v) is 8.76. The maximum Gasteiger partial charge on any atom is 0.264 e. The van der Waals surface area contributed by atoms with Gasteiger partial charge >= 0.3 is 0 Å². The van der Waals surface area contributed by atoms with Gasteiger partial charge in [-0.15, -0.1) is 6.42 Å². The molecule has 0 aliphatic carbocycles. The number of nitrogens with zero attached hydrogens (tertiary/aromatic N) is 1. The van der Waals surface area contributed by atoms with Crippen LogP contribution in [0, 0.1) is 18.2 Å². The Morgan fingerprint density at radius 1 is 1.00 bits per heavy atom. The van der Waals surface area contributed by atoms with Gasteiger partial charge in [0, 0.05) is 11.6 Å². The highest BCUT2D eigenvalue weighted by Gasteiger charge is 2.23. The van der Waals surface area contributed by atoms with E-state index in [0.717, 1.165) is 12.1 Å². The third-order valence-electron chi connectivity index (χ3n) is 4.93. The minimum atomic E-state index is -4.15. The predicted octanol–water partition coefficient (Wildman–Crippen LogP) is 4.28. The maximum atomic E-state index is 14.0. The van der Waals surface area contributed by atoms with Crippen LogP contribution in [0.2, 0.25) is 0 Å². The van der Waals surface area contributed by atoms with Crippen LogP contribution in [-0.4, -0.2) is 19.3 Å². The molecular weight excluding hydrogens is 441 g/mol. The molecule has 0 spiro atoms. The molecule has 0 aliphatic rings. The lowest BCUT2D eigenvalue weighted by Crippen LogP contribution is -2.29. The van der Waals surface area contributed by atoms with Crippen molar-refractivity contribution in [2.45, 2.75) is 10.9 Å². The lowest BCUT2D eigenvalue weighted by Gasteiger charge is -2.17. The Balaban J connectivity index is 1.68. The van der Waals surface area contributed by atoms with Crippen LogP contribution in [0.1, 0.15) is 22.0 Å². The number of rotatable bonds is 6. The van der Waals surface area contributed by atoms with E-state index in [4.69, 9.17) is 6.42 Å². The molecule has 164 valence electrons. The number of nitrogens with one attached hydrogen (secondary N) is 2. The summed E-state index contributed by atoms with van der Waals surface area (Å²) in [5, 5.41) is 3.27. The molecule has 2 N–H and O–H groups in total. The maximum absolute atomic E-state index is 14.0. The molecule has 33 heavy (non-hydrogen) atoms. The zero-order valence-electron chi connectivity index (χ0n) is 17.2. The number of para-hydroxylation sites is 1. The van der Waals surface area contributed by atoms with E-state index in [2.05, 4.69) is 20.9 Å². The third kappa shape index (κ3) is 4.68. The molecule has 0 bridgehead atoms. The van der Waals surface area contributed by atoms with Gasteiger partial charge in [-0.3, -0.25) is 14.5 Å². The number of hydrogen-bond acceptors (Lipinski definition) is 4. The Morgan fingerprint density at radius 2 is 1.76 bits per heavy atom. The smallest absolute Gasteiger partial charge is 0.264 e. The van der Waals surface area contributed by atoms with Crippen molar-refractivity contribution in [2.24, 2.45) is 0 Å². The molecule has 1 amide bonds. The number of amides is 1. The van der Waals surface area contributed by atoms with Gasteiger partial charge in [0.05, 0.1) is 16.8 Å². The number of benzene rings is 3. The van der Waals surface area contributed by atoms with Crippen molar-refractivity contribution < 1.29 is 17.6 Å². The van der Waals surface area contributed by atoms with Crippen molar-refractivity contribution in [3.63, 3.8) is 0 Å². The lowest BCUT2D eigenvalue weighted by atomic mass is 10.1. The van der Waals surface area contributed by atoms with Crippen LogP contribution in [0.15, 0.2) is 90.0 Å². The quantitative estimate of drug-likeness (QED) is 0.422. The van der Waals surface area contributed by atoms with Gasteiger partial charge in [-0.05, 0) is 35.9 Å². The second kappa shape index (κ2) is 9.10. The van der Waals surface area contributed by atoms with Crippen molar-refractivity contribution in [3.8, 4) is 12.3 Å². The number of aromatic nitrogens is 1. The van der Waals surface area contributed by atoms with E-state index >= 15 is 0 Å². The summed E-state index contributed by atoms with van der Waals surface area (Å²) < 4.78 is 42.7. The number of hydrogen-bond donors (Lipinski definition) is 2. The molecule has 1 aromatic heterocycles. The van der Waals surface area contributed by atoms with Crippen molar-refractivity contribution >= 4 is 32.5 Å². The van der Waals surface area contributed by atoms with Gasteiger partial charge in [-0.1, -0.05) is 54.5 Å². The first-order valence-corrected chi connectivity index (χ1v) is 11.4. The van der Waals surface area contributed by atoms with Gasteiger partial charge in [0.25, 0.3) is 15.9 Å². The number of fused-ring (bicyclic) bond motifs is 1. The second-order valence-electron chi connectivity index (χ2n) is 7.11. The Morgan fingerprint density at radius 3 is 2.52 bits per heavy atom. The molecule has 0 fully saturated rings. The Labute approximate surface area is 190 Å². The van der Waals surface area contributed by atoms with E-state index in [1.165, 1.54) is 18.3 Å². The van der Waals surface area contributed by atoms with E-state index in [9.17, 15) is 17.6 Å². The van der Waals surface area contributed by atoms with E-state index in [-0.39, 0.29) is 21.7 Å². The fourth-order valence-electron chi connectivity index (χ4n) is 3.36. The van der Waals surface area contributed by atoms with Crippen LogP contribution >= 0.6 is 0 Å². The van der Waals surface area contributed by atoms with E-state index in [1.807, 2.05) is 0 Å². The highest BCUT2D eigenvalue weighted by molar-refractivity contribution is 7.93. The Kier molecular flexibility index (Phi) is 6.07. The molecule has 8 heteroatoms. The summed E-state index contributed by atoms with van der Waals surface area (Å²) in [6.07, 6.45) is 7.06. The van der Waals surface area contributed by atoms with Gasteiger partial charge in [-0.25, -0.2) is 12.8 Å². The first kappa shape index (κ1) is 22.0. The number of pyridine rings is 1. The molecule has 0 aliphatic heterocycles. The molecule has 1 heterocycles. The summed E-state index contributed by atoms with van der Waals surface area (Å²) in [4.78, 5) is 17.1. The summed E-state index contributed by atoms with van der Waals surface area (Å²) in [6, 6.07) is 19.4. The largest absolute Gasteiger partial charge is 0.334 e. The monoisotopic (exact) mass is 459 g/mol. The molecule has 0 saturated carbocycles. The average molecular weight is 460 g/mol. The van der Waals surface area contributed by atoms with Crippen LogP contribution < -0.4 is 10.0 Å². The minimum absolute atomic E-state index is 0.0675. The molecule has 1 atom stereocenters. The number of carbonyl (C=O) groups is 1. The zero-order chi connectivity index (χ0) is 23.4. The Bertz CT molecular complexity index is 1480. The van der Waals surface area contributed by atoms with Gasteiger partial charge in [0.15, 0.2) is 0 Å². The summed E-state index contributed by atoms with van der Waals surface area (Å²) in [5.74, 6) is 1.05. The standard InChI is InChI=1S/C25H18FN3O3S/c1-2-21(17-8-4-3-5-9-17)28-25(30)20-16-19(26)13-14-22(20)29-33(31,32)23-12-6-10-18-11-7-15-27-24(18)23/h1,3-16,21,29H,(H,28,30). The lowest BCUT2D eigenvalue weighted by molar-refractivity contribution is 0.0946. The number of carbonyl (C=O) groups excluding carboxylic acids is 1. The SMILES string of the molecule is C#CC(NC(=O)c1cc(F)ccc1NS(=O)(=O)c1cccc2cccnc12)c1ccccc1. The number of anilines is 1. The van der Waals surface area contributed by atoms with E-state index in [1.54, 1.807) is 54.6 Å². The molecule has 0 radical (unpaired) electrons. The average Bonchev–Trinajstić information content (AvgIpc) is 2.83. The summed E-state index contributed by atoms with van der Waals surface area (Å²) in [5.41, 5.74) is 0.638. The predicted molar refractivity (Wildman–Crippen MR) is 124 cm³/mol. The highest BCUT2D eigenvalue weighted by atomic mass is 32.2. The third-order valence-corrected chi connectivity index (χ3v) is 6.33. The molecule has 4 aromatic rings. The van der Waals surface area contributed by atoms with Crippen molar-refractivity contribution in [1.82, 2.24) is 10.3 Å². The van der Waals surface area contributed by atoms with Crippen molar-refractivity contribution in [1.29, 1.82) is 0 Å². The van der Waals surface area contributed by atoms with Crippen molar-refractivity contribution in [2.75, 3.05) is 4.72 Å². The molecule has 6 nitrogen and oxygen atoms in total. The Hall–Kier alpha value is -4.22. The summed E-state index contributed by atoms with van der Waals surface area (Å²) in [7, 11) is -4.15. The summed E-state index contributed by atoms with van der Waals surface area (Å²) in [6.45, 7) is 0. The first-order valence-electron chi connectivity index (χ1n) is 9.87. The number of terminal acetylenes is 1. The minimum Gasteiger partial charge on any atom is -0.334 e. The summed E-state index contributed by atoms with van der Waals surface area (Å²) >= 11 is 0. The van der Waals surface area contributed by atoms with Crippen molar-refractivity contribution in [3.05, 3.63) is 102 Å². The molecule has 1 unspecified atom stereocenters. The van der Waals surface area contributed by atoms with E-state index in [0.29, 0.717) is 10.9 Å². The normalized spacial score (nSPS) is 12.0. The first-order chi connectivity index (χ1) is 15.9. The van der Waals surface area contributed by atoms with Gasteiger partial charge in [0.1, 0.15) is 16.8 Å². The zero-order valence-corrected chi connectivity index (χ0v) is 18.0. The van der Waals surface area contributed by atoms with Crippen LogP contribution in [0.4, 0.5) is 10.1 Å². The number of sulfonamides is 1. The van der Waals surface area contributed by atoms with Crippen LogP contribution in [0.25, 0.3) is 10.9 Å². The van der Waals surface area contributed by atoms with Gasteiger partial charge in [-0.2, -0.15) is 0 Å². The fourth-order valence-corrected chi connectivity index (χ4v) is 4.62. The fraction of sp³-hybridized carbons (Fsp3) is 0.0400.